The van der Waals surface area contributed by atoms with Crippen molar-refractivity contribution in [3.63, 3.8) is 0 Å². The minimum absolute atomic E-state index is 0.215. The summed E-state index contributed by atoms with van der Waals surface area (Å²) in [6.45, 7) is 4.07. The van der Waals surface area contributed by atoms with Crippen LogP contribution in [0.5, 0.6) is 0 Å². The summed E-state index contributed by atoms with van der Waals surface area (Å²) in [5.41, 5.74) is 1.49. The first-order chi connectivity index (χ1) is 11.6. The lowest BCUT2D eigenvalue weighted by Crippen LogP contribution is -2.49. The van der Waals surface area contributed by atoms with Gasteiger partial charge in [0.25, 0.3) is 0 Å². The lowest BCUT2D eigenvalue weighted by atomic mass is 10.2. The summed E-state index contributed by atoms with van der Waals surface area (Å²) in [5.74, 6) is -0.525. The van der Waals surface area contributed by atoms with Gasteiger partial charge in [0, 0.05) is 32.7 Å². The van der Waals surface area contributed by atoms with Crippen LogP contribution in [0.25, 0.3) is 0 Å². The number of thiocarbonyl (C=S) groups is 1. The van der Waals surface area contributed by atoms with Gasteiger partial charge < -0.3 is 10.2 Å². The first kappa shape index (κ1) is 16.8. The molecule has 2 aromatic carbocycles. The maximum atomic E-state index is 13.7. The monoisotopic (exact) mass is 347 g/mol. The molecule has 0 aromatic heterocycles. The largest absolute Gasteiger partial charge is 0.346 e. The molecule has 1 heterocycles. The van der Waals surface area contributed by atoms with Crippen LogP contribution in [0.1, 0.15) is 5.56 Å². The fourth-order valence-electron chi connectivity index (χ4n) is 2.71. The maximum absolute atomic E-state index is 13.7. The number of hydrogen-bond acceptors (Lipinski definition) is 2. The molecule has 0 unspecified atom stereocenters. The molecule has 1 saturated heterocycles. The van der Waals surface area contributed by atoms with Gasteiger partial charge in [0.05, 0.1) is 5.69 Å². The second kappa shape index (κ2) is 7.68. The lowest BCUT2D eigenvalue weighted by molar-refractivity contribution is 0.177. The summed E-state index contributed by atoms with van der Waals surface area (Å²) in [6, 6.07) is 13.1. The molecule has 0 bridgehead atoms. The minimum Gasteiger partial charge on any atom is -0.346 e. The zero-order valence-corrected chi connectivity index (χ0v) is 14.0. The fourth-order valence-corrected chi connectivity index (χ4v) is 3.01. The van der Waals surface area contributed by atoms with Crippen LogP contribution in [0.4, 0.5) is 14.5 Å². The van der Waals surface area contributed by atoms with Crippen LogP contribution in [0.3, 0.4) is 0 Å². The van der Waals surface area contributed by atoms with Gasteiger partial charge in [-0.05, 0) is 42.0 Å². The Hall–Kier alpha value is -2.05. The molecule has 0 radical (unpaired) electrons. The van der Waals surface area contributed by atoms with Crippen LogP contribution in [0.15, 0.2) is 48.5 Å². The lowest BCUT2D eigenvalue weighted by Gasteiger charge is -2.36. The van der Waals surface area contributed by atoms with Gasteiger partial charge >= 0.3 is 0 Å². The van der Waals surface area contributed by atoms with Gasteiger partial charge in [-0.3, -0.25) is 4.90 Å². The van der Waals surface area contributed by atoms with E-state index in [1.54, 1.807) is 18.2 Å². The summed E-state index contributed by atoms with van der Waals surface area (Å²) in [6.07, 6.45) is 0. The van der Waals surface area contributed by atoms with Crippen molar-refractivity contribution in [2.45, 2.75) is 6.54 Å². The van der Waals surface area contributed by atoms with Crippen LogP contribution in [-0.2, 0) is 6.54 Å². The maximum Gasteiger partial charge on any atom is 0.173 e. The van der Waals surface area contributed by atoms with Gasteiger partial charge in [0.2, 0.25) is 0 Å². The zero-order valence-electron chi connectivity index (χ0n) is 13.2. The molecule has 3 rings (SSSR count). The van der Waals surface area contributed by atoms with Crippen LogP contribution in [0, 0.1) is 11.6 Å². The van der Waals surface area contributed by atoms with Crippen LogP contribution < -0.4 is 5.32 Å². The molecule has 1 aliphatic rings. The smallest absolute Gasteiger partial charge is 0.173 e. The molecule has 1 fully saturated rings. The third-order valence-corrected chi connectivity index (χ3v) is 4.45. The van der Waals surface area contributed by atoms with E-state index in [-0.39, 0.29) is 11.6 Å². The van der Waals surface area contributed by atoms with Gasteiger partial charge in [-0.25, -0.2) is 8.78 Å². The van der Waals surface area contributed by atoms with Gasteiger partial charge in [-0.2, -0.15) is 0 Å². The normalized spacial score (nSPS) is 15.3. The van der Waals surface area contributed by atoms with E-state index in [1.807, 2.05) is 17.0 Å². The van der Waals surface area contributed by atoms with Gasteiger partial charge in [-0.1, -0.05) is 24.3 Å². The number of hydrogen-bond donors (Lipinski definition) is 1. The van der Waals surface area contributed by atoms with Gasteiger partial charge in [-0.15, -0.1) is 0 Å². The van der Waals surface area contributed by atoms with Crippen molar-refractivity contribution in [1.29, 1.82) is 0 Å². The highest BCUT2D eigenvalue weighted by Crippen LogP contribution is 2.15. The number of anilines is 1. The highest BCUT2D eigenvalue weighted by atomic mass is 32.1. The average molecular weight is 347 g/mol. The van der Waals surface area contributed by atoms with Gasteiger partial charge in [0.1, 0.15) is 11.6 Å². The highest BCUT2D eigenvalue weighted by Gasteiger charge is 2.19. The van der Waals surface area contributed by atoms with Crippen molar-refractivity contribution in [2.75, 3.05) is 31.5 Å². The Kier molecular flexibility index (Phi) is 5.37. The summed E-state index contributed by atoms with van der Waals surface area (Å²) in [7, 11) is 0. The summed E-state index contributed by atoms with van der Waals surface area (Å²) in [5, 5.41) is 3.52. The predicted octanol–water partition coefficient (Wildman–Crippen LogP) is 3.48. The number of nitrogens with zero attached hydrogens (tertiary/aromatic N) is 2. The number of nitrogens with one attached hydrogen (secondary N) is 1. The third kappa shape index (κ3) is 4.27. The van der Waals surface area contributed by atoms with Crippen molar-refractivity contribution in [3.8, 4) is 0 Å². The first-order valence-electron chi connectivity index (χ1n) is 7.89. The second-order valence-corrected chi connectivity index (χ2v) is 6.19. The molecular weight excluding hydrogens is 328 g/mol. The first-order valence-corrected chi connectivity index (χ1v) is 8.30. The zero-order chi connectivity index (χ0) is 16.9. The molecule has 3 nitrogen and oxygen atoms in total. The van der Waals surface area contributed by atoms with Crippen molar-refractivity contribution < 1.29 is 8.78 Å². The molecule has 24 heavy (non-hydrogen) atoms. The Balaban J connectivity index is 1.50. The van der Waals surface area contributed by atoms with Crippen LogP contribution >= 0.6 is 12.2 Å². The quantitative estimate of drug-likeness (QED) is 0.857. The van der Waals surface area contributed by atoms with Crippen molar-refractivity contribution >= 4 is 23.0 Å². The predicted molar refractivity (Wildman–Crippen MR) is 95.9 cm³/mol. The van der Waals surface area contributed by atoms with E-state index in [9.17, 15) is 8.78 Å². The molecule has 1 N–H and O–H groups in total. The number of halogens is 2. The van der Waals surface area contributed by atoms with Gasteiger partial charge in [0.15, 0.2) is 5.11 Å². The second-order valence-electron chi connectivity index (χ2n) is 5.80. The molecule has 6 heteroatoms. The van der Waals surface area contributed by atoms with E-state index >= 15 is 0 Å². The summed E-state index contributed by atoms with van der Waals surface area (Å²) < 4.78 is 26.6. The van der Waals surface area contributed by atoms with Crippen molar-refractivity contribution in [2.24, 2.45) is 0 Å². The third-order valence-electron chi connectivity index (χ3n) is 4.09. The van der Waals surface area contributed by atoms with E-state index in [4.69, 9.17) is 12.2 Å². The molecule has 0 amide bonds. The Morgan fingerprint density at radius 2 is 1.62 bits per heavy atom. The Bertz CT molecular complexity index is 698. The summed E-state index contributed by atoms with van der Waals surface area (Å²) in [4.78, 5) is 4.35. The van der Waals surface area contributed by atoms with Crippen molar-refractivity contribution in [3.05, 3.63) is 65.7 Å². The molecule has 0 atom stereocenters. The molecule has 126 valence electrons. The summed E-state index contributed by atoms with van der Waals surface area (Å²) >= 11 is 5.39. The molecule has 2 aromatic rings. The minimum atomic E-state index is -0.310. The molecule has 1 aliphatic heterocycles. The van der Waals surface area contributed by atoms with E-state index in [1.165, 1.54) is 18.2 Å². The number of rotatable bonds is 3. The Morgan fingerprint density at radius 1 is 0.958 bits per heavy atom. The van der Waals surface area contributed by atoms with E-state index in [0.717, 1.165) is 38.3 Å². The Labute approximate surface area is 145 Å². The molecule has 0 saturated carbocycles. The standard InChI is InChI=1S/C18H19F2N3S/c19-15-7-5-14(6-8-15)13-22-9-11-23(12-10-22)18(24)21-17-4-2-1-3-16(17)20/h1-8H,9-13H2,(H,21,24). The number of para-hydroxylation sites is 1. The number of piperazine rings is 1. The van der Waals surface area contributed by atoms with E-state index < -0.39 is 0 Å². The fraction of sp³-hybridized carbons (Fsp3) is 0.278. The van der Waals surface area contributed by atoms with Crippen LogP contribution in [-0.4, -0.2) is 41.1 Å². The molecule has 0 spiro atoms. The van der Waals surface area contributed by atoms with E-state index in [2.05, 4.69) is 10.2 Å². The van der Waals surface area contributed by atoms with Crippen molar-refractivity contribution in [1.82, 2.24) is 9.80 Å². The topological polar surface area (TPSA) is 18.5 Å². The molecular formula is C18H19F2N3S. The highest BCUT2D eigenvalue weighted by molar-refractivity contribution is 7.80. The van der Waals surface area contributed by atoms with E-state index in [0.29, 0.717) is 10.8 Å². The Morgan fingerprint density at radius 3 is 2.29 bits per heavy atom. The average Bonchev–Trinajstić information content (AvgIpc) is 2.59. The number of benzene rings is 2. The SMILES string of the molecule is Fc1ccc(CN2CCN(C(=S)Nc3ccccc3F)CC2)cc1. The van der Waals surface area contributed by atoms with Crippen LogP contribution in [0.2, 0.25) is 0 Å². The molecule has 0 aliphatic carbocycles.